The Morgan fingerprint density at radius 2 is 2.13 bits per heavy atom. The average molecular weight is 333 g/mol. The number of benzene rings is 1. The molecule has 1 heterocycles. The topological polar surface area (TPSA) is 53.1 Å². The lowest BCUT2D eigenvalue weighted by Gasteiger charge is -2.00. The molecule has 0 amide bonds. The van der Waals surface area contributed by atoms with Gasteiger partial charge in [-0.05, 0) is 49.6 Å². The van der Waals surface area contributed by atoms with Gasteiger partial charge in [0.05, 0.1) is 6.42 Å². The molecule has 0 radical (unpaired) electrons. The van der Waals surface area contributed by atoms with Crippen LogP contribution in [0.4, 0.5) is 0 Å². The molecule has 0 saturated heterocycles. The predicted octanol–water partition coefficient (Wildman–Crippen LogP) is 3.32. The van der Waals surface area contributed by atoms with Gasteiger partial charge in [0.25, 0.3) is 0 Å². The minimum Gasteiger partial charge on any atom is -0.481 e. The van der Waals surface area contributed by atoms with E-state index in [0.717, 1.165) is 25.4 Å². The minimum absolute atomic E-state index is 0.0229. The van der Waals surface area contributed by atoms with Crippen molar-refractivity contribution in [2.45, 2.75) is 6.42 Å². The third-order valence-electron chi connectivity index (χ3n) is 2.16. The van der Waals surface area contributed by atoms with Gasteiger partial charge < -0.3 is 10.1 Å². The van der Waals surface area contributed by atoms with Crippen LogP contribution in [0.25, 0.3) is 10.9 Å². The van der Waals surface area contributed by atoms with Crippen LogP contribution in [-0.4, -0.2) is 16.1 Å². The minimum atomic E-state index is -0.831. The van der Waals surface area contributed by atoms with Crippen molar-refractivity contribution in [2.24, 2.45) is 0 Å². The second kappa shape index (κ2) is 3.98. The smallest absolute Gasteiger partial charge is 0.307 e. The second-order valence-electron chi connectivity index (χ2n) is 3.17. The normalized spacial score (nSPS) is 10.8. The summed E-state index contributed by atoms with van der Waals surface area (Å²) in [6.07, 6.45) is 1.75. The summed E-state index contributed by atoms with van der Waals surface area (Å²) in [7, 11) is 0. The molecule has 3 nitrogen and oxygen atoms in total. The zero-order valence-corrected chi connectivity index (χ0v) is 10.7. The van der Waals surface area contributed by atoms with E-state index in [1.54, 1.807) is 6.20 Å². The van der Waals surface area contributed by atoms with Gasteiger partial charge in [0.2, 0.25) is 0 Å². The van der Waals surface area contributed by atoms with Crippen molar-refractivity contribution in [3.63, 3.8) is 0 Å². The standard InChI is InChI=1S/C10H7Br2NO2/c11-6-1-2-7-9(10(6)12)5(4-13-7)3-8(14)15/h1-2,4,13H,3H2,(H,14,15). The highest BCUT2D eigenvalue weighted by Gasteiger charge is 2.11. The zero-order valence-electron chi connectivity index (χ0n) is 7.55. The van der Waals surface area contributed by atoms with Gasteiger partial charge in [-0.3, -0.25) is 4.79 Å². The Balaban J connectivity index is 2.66. The number of hydrogen-bond acceptors (Lipinski definition) is 1. The Bertz CT molecular complexity index is 533. The van der Waals surface area contributed by atoms with Gasteiger partial charge in [-0.25, -0.2) is 0 Å². The molecule has 1 aromatic carbocycles. The second-order valence-corrected chi connectivity index (χ2v) is 4.82. The summed E-state index contributed by atoms with van der Waals surface area (Å²) in [6, 6.07) is 3.82. The summed E-state index contributed by atoms with van der Waals surface area (Å²) in [4.78, 5) is 13.7. The largest absolute Gasteiger partial charge is 0.481 e. The van der Waals surface area contributed by atoms with Gasteiger partial charge in [-0.1, -0.05) is 0 Å². The Morgan fingerprint density at radius 1 is 1.40 bits per heavy atom. The summed E-state index contributed by atoms with van der Waals surface area (Å²) in [5.74, 6) is -0.831. The molecule has 0 aliphatic heterocycles. The summed E-state index contributed by atoms with van der Waals surface area (Å²) < 4.78 is 1.80. The summed E-state index contributed by atoms with van der Waals surface area (Å²) in [6.45, 7) is 0. The van der Waals surface area contributed by atoms with Crippen molar-refractivity contribution >= 4 is 48.7 Å². The number of rotatable bonds is 2. The third-order valence-corrected chi connectivity index (χ3v) is 4.18. The van der Waals surface area contributed by atoms with Crippen LogP contribution in [0.5, 0.6) is 0 Å². The molecule has 78 valence electrons. The number of hydrogen-bond donors (Lipinski definition) is 2. The molecule has 0 fully saturated rings. The molecule has 0 bridgehead atoms. The van der Waals surface area contributed by atoms with Crippen molar-refractivity contribution < 1.29 is 9.90 Å². The van der Waals surface area contributed by atoms with E-state index < -0.39 is 5.97 Å². The highest BCUT2D eigenvalue weighted by atomic mass is 79.9. The first-order valence-corrected chi connectivity index (χ1v) is 5.84. The molecule has 0 aliphatic rings. The van der Waals surface area contributed by atoms with Crippen LogP contribution in [0.2, 0.25) is 0 Å². The number of fused-ring (bicyclic) bond motifs is 1. The van der Waals surface area contributed by atoms with Crippen LogP contribution in [0.15, 0.2) is 27.3 Å². The molecule has 2 aromatic rings. The fourth-order valence-electron chi connectivity index (χ4n) is 1.52. The number of carboxylic acids is 1. The lowest BCUT2D eigenvalue weighted by molar-refractivity contribution is -0.136. The molecule has 1 aromatic heterocycles. The van der Waals surface area contributed by atoms with Crippen LogP contribution >= 0.6 is 31.9 Å². The highest BCUT2D eigenvalue weighted by Crippen LogP contribution is 2.33. The molecule has 0 spiro atoms. The first-order valence-electron chi connectivity index (χ1n) is 4.25. The van der Waals surface area contributed by atoms with E-state index >= 15 is 0 Å². The summed E-state index contributed by atoms with van der Waals surface area (Å²) in [5, 5.41) is 9.69. The van der Waals surface area contributed by atoms with E-state index in [1.165, 1.54) is 0 Å². The highest BCUT2D eigenvalue weighted by molar-refractivity contribution is 9.13. The fourth-order valence-corrected chi connectivity index (χ4v) is 2.46. The monoisotopic (exact) mass is 331 g/mol. The number of carboxylic acid groups (broad SMARTS) is 1. The number of carbonyl (C=O) groups is 1. The maximum Gasteiger partial charge on any atom is 0.307 e. The number of aromatic nitrogens is 1. The molecule has 0 saturated carbocycles. The van der Waals surface area contributed by atoms with E-state index in [4.69, 9.17) is 5.11 Å². The molecule has 15 heavy (non-hydrogen) atoms. The summed E-state index contributed by atoms with van der Waals surface area (Å²) >= 11 is 6.83. The van der Waals surface area contributed by atoms with E-state index in [9.17, 15) is 4.79 Å². The van der Waals surface area contributed by atoms with E-state index in [0.29, 0.717) is 0 Å². The number of H-pyrrole nitrogens is 1. The van der Waals surface area contributed by atoms with Crippen LogP contribution in [-0.2, 0) is 11.2 Å². The summed E-state index contributed by atoms with van der Waals surface area (Å²) in [5.41, 5.74) is 1.71. The first kappa shape index (κ1) is 10.7. The van der Waals surface area contributed by atoms with Crippen molar-refractivity contribution in [3.8, 4) is 0 Å². The molecule has 0 aliphatic carbocycles. The van der Waals surface area contributed by atoms with Crippen molar-refractivity contribution in [1.82, 2.24) is 4.98 Å². The number of halogens is 2. The molecular weight excluding hydrogens is 326 g/mol. The van der Waals surface area contributed by atoms with Gasteiger partial charge >= 0.3 is 5.97 Å². The Labute approximate surface area is 103 Å². The maximum atomic E-state index is 10.7. The van der Waals surface area contributed by atoms with Gasteiger partial charge in [0.15, 0.2) is 0 Å². The van der Waals surface area contributed by atoms with Gasteiger partial charge in [-0.2, -0.15) is 0 Å². The van der Waals surface area contributed by atoms with Crippen LogP contribution in [0.1, 0.15) is 5.56 Å². The number of aliphatic carboxylic acids is 1. The number of nitrogens with one attached hydrogen (secondary N) is 1. The van der Waals surface area contributed by atoms with Gasteiger partial charge in [-0.15, -0.1) is 0 Å². The lowest BCUT2D eigenvalue weighted by atomic mass is 10.1. The van der Waals surface area contributed by atoms with Crippen molar-refractivity contribution in [3.05, 3.63) is 32.8 Å². The molecular formula is C10H7Br2NO2. The molecule has 5 heteroatoms. The van der Waals surface area contributed by atoms with Crippen LogP contribution in [0.3, 0.4) is 0 Å². The Morgan fingerprint density at radius 3 is 2.80 bits per heavy atom. The van der Waals surface area contributed by atoms with Gasteiger partial charge in [0, 0.05) is 26.0 Å². The maximum absolute atomic E-state index is 10.7. The first-order chi connectivity index (χ1) is 7.09. The quantitative estimate of drug-likeness (QED) is 0.886. The molecule has 2 rings (SSSR count). The number of aromatic amines is 1. The van der Waals surface area contributed by atoms with Crippen LogP contribution in [0, 0.1) is 0 Å². The van der Waals surface area contributed by atoms with Gasteiger partial charge in [0.1, 0.15) is 0 Å². The molecule has 0 unspecified atom stereocenters. The van der Waals surface area contributed by atoms with E-state index in [2.05, 4.69) is 36.8 Å². The predicted molar refractivity (Wildman–Crippen MR) is 65.0 cm³/mol. The average Bonchev–Trinajstić information content (AvgIpc) is 2.55. The van der Waals surface area contributed by atoms with E-state index in [1.807, 2.05) is 12.1 Å². The third kappa shape index (κ3) is 1.94. The van der Waals surface area contributed by atoms with Crippen LogP contribution < -0.4 is 0 Å². The van der Waals surface area contributed by atoms with Crippen molar-refractivity contribution in [2.75, 3.05) is 0 Å². The molecule has 2 N–H and O–H groups in total. The zero-order chi connectivity index (χ0) is 11.0. The SMILES string of the molecule is O=C(O)Cc1c[nH]c2ccc(Br)c(Br)c12. The Kier molecular flexibility index (Phi) is 2.84. The molecule has 0 atom stereocenters. The fraction of sp³-hybridized carbons (Fsp3) is 0.100. The lowest BCUT2D eigenvalue weighted by Crippen LogP contribution is -1.99. The van der Waals surface area contributed by atoms with E-state index in [-0.39, 0.29) is 6.42 Å². The van der Waals surface area contributed by atoms with Crippen molar-refractivity contribution in [1.29, 1.82) is 0 Å². The Hall–Kier alpha value is -0.810.